The van der Waals surface area contributed by atoms with Crippen LogP contribution in [-0.4, -0.2) is 5.66 Å². The lowest BCUT2D eigenvalue weighted by Crippen LogP contribution is -1.80. The van der Waals surface area contributed by atoms with Crippen LogP contribution in [0.1, 0.15) is 13.8 Å². The maximum Gasteiger partial charge on any atom is 0.268 e. The Morgan fingerprint density at radius 2 is 1.50 bits per heavy atom. The van der Waals surface area contributed by atoms with E-state index < -0.39 is 14.2 Å². The molecule has 0 saturated carbocycles. The van der Waals surface area contributed by atoms with Gasteiger partial charge in [0.05, 0.1) is 0 Å². The zero-order valence-corrected chi connectivity index (χ0v) is 4.67. The zero-order chi connectivity index (χ0) is 5.15. The van der Waals surface area contributed by atoms with E-state index in [0.29, 0.717) is 0 Å². The van der Waals surface area contributed by atoms with Gasteiger partial charge in [0, 0.05) is 5.66 Å². The molecule has 0 fully saturated rings. The van der Waals surface area contributed by atoms with E-state index in [1.807, 2.05) is 0 Å². The third-order valence-electron chi connectivity index (χ3n) is 0.390. The first-order valence-electron chi connectivity index (χ1n) is 1.75. The molecule has 0 radical (unpaired) electrons. The summed E-state index contributed by atoms with van der Waals surface area (Å²) >= 11 is 0. The van der Waals surface area contributed by atoms with Crippen molar-refractivity contribution in [2.24, 2.45) is 0 Å². The fourth-order valence-electron chi connectivity index (χ4n) is 0. The van der Waals surface area contributed by atoms with Crippen LogP contribution in [0.25, 0.3) is 0 Å². The van der Waals surface area contributed by atoms with Gasteiger partial charge >= 0.3 is 0 Å². The summed E-state index contributed by atoms with van der Waals surface area (Å²) in [7, 11) is -2.66. The maximum atomic E-state index is 11.2. The molecule has 0 atom stereocenters. The molecular weight excluding hydrogens is 105 g/mol. The number of hydrogen-bond donors (Lipinski definition) is 0. The Bertz CT molecular complexity index is 29.8. The summed E-state index contributed by atoms with van der Waals surface area (Å²) in [5.74, 6) is 0. The van der Waals surface area contributed by atoms with E-state index in [1.165, 1.54) is 13.8 Å². The van der Waals surface area contributed by atoms with Gasteiger partial charge in [-0.2, -0.15) is 8.39 Å². The quantitative estimate of drug-likeness (QED) is 0.457. The molecule has 6 heavy (non-hydrogen) atoms. The van der Waals surface area contributed by atoms with Crippen LogP contribution in [-0.2, 0) is 0 Å². The van der Waals surface area contributed by atoms with Gasteiger partial charge in [-0.1, -0.05) is 13.8 Å². The normalized spacial score (nSPS) is 11.0. The van der Waals surface area contributed by atoms with Crippen molar-refractivity contribution in [1.82, 2.24) is 0 Å². The largest absolute Gasteiger partial charge is 0.268 e. The third-order valence-corrected chi connectivity index (χ3v) is 1.17. The van der Waals surface area contributed by atoms with Crippen molar-refractivity contribution >= 4 is 8.54 Å². The predicted molar refractivity (Wildman–Crippen MR) is 24.3 cm³/mol. The summed E-state index contributed by atoms with van der Waals surface area (Å²) in [6, 6.07) is 0. The van der Waals surface area contributed by atoms with Gasteiger partial charge in [0.2, 0.25) is 0 Å². The molecule has 3 heteroatoms. The van der Waals surface area contributed by atoms with Crippen LogP contribution in [0.3, 0.4) is 0 Å². The summed E-state index contributed by atoms with van der Waals surface area (Å²) in [5.41, 5.74) is -0.417. The van der Waals surface area contributed by atoms with Crippen LogP contribution in [0.4, 0.5) is 8.39 Å². The fourth-order valence-corrected chi connectivity index (χ4v) is 0. The number of rotatable bonds is 1. The van der Waals surface area contributed by atoms with Gasteiger partial charge in [-0.15, -0.1) is 0 Å². The molecule has 38 valence electrons. The minimum Gasteiger partial charge on any atom is -0.188 e. The van der Waals surface area contributed by atoms with Crippen LogP contribution in [0, 0.1) is 0 Å². The van der Waals surface area contributed by atoms with Gasteiger partial charge in [0.15, 0.2) is 0 Å². The summed E-state index contributed by atoms with van der Waals surface area (Å²) in [6.45, 7) is 3.04. The molecule has 0 aliphatic heterocycles. The summed E-state index contributed by atoms with van der Waals surface area (Å²) in [5, 5.41) is 0. The topological polar surface area (TPSA) is 0 Å². The van der Waals surface area contributed by atoms with Crippen LogP contribution < -0.4 is 0 Å². The van der Waals surface area contributed by atoms with Crippen molar-refractivity contribution in [2.45, 2.75) is 19.5 Å². The molecule has 0 rings (SSSR count). The molecule has 0 aliphatic carbocycles. The molecule has 0 heterocycles. The van der Waals surface area contributed by atoms with Crippen molar-refractivity contribution < 1.29 is 8.39 Å². The van der Waals surface area contributed by atoms with E-state index in [4.69, 9.17) is 0 Å². The van der Waals surface area contributed by atoms with Gasteiger partial charge in [-0.25, -0.2) is 0 Å². The molecule has 0 aromatic carbocycles. The lowest BCUT2D eigenvalue weighted by Gasteiger charge is -1.95. The lowest BCUT2D eigenvalue weighted by atomic mass is 10.6. The smallest absolute Gasteiger partial charge is 0.188 e. The molecular formula is C3H7F2P. The van der Waals surface area contributed by atoms with Crippen molar-refractivity contribution in [1.29, 1.82) is 0 Å². The molecule has 0 bridgehead atoms. The highest BCUT2D eigenvalue weighted by Crippen LogP contribution is 2.43. The van der Waals surface area contributed by atoms with Crippen LogP contribution in [0.15, 0.2) is 0 Å². The van der Waals surface area contributed by atoms with E-state index in [0.717, 1.165) is 0 Å². The average Bonchev–Trinajstić information content (AvgIpc) is 1.36. The van der Waals surface area contributed by atoms with Crippen molar-refractivity contribution in [2.75, 3.05) is 0 Å². The summed E-state index contributed by atoms with van der Waals surface area (Å²) < 4.78 is 22.4. The number of halogens is 2. The first-order valence-corrected chi connectivity index (χ1v) is 2.94. The maximum absolute atomic E-state index is 11.2. The summed E-state index contributed by atoms with van der Waals surface area (Å²) in [4.78, 5) is 0. The van der Waals surface area contributed by atoms with Crippen molar-refractivity contribution in [3.05, 3.63) is 0 Å². The van der Waals surface area contributed by atoms with Gasteiger partial charge in [0.1, 0.15) is 0 Å². The third kappa shape index (κ3) is 2.52. The number of hydrogen-bond acceptors (Lipinski definition) is 0. The van der Waals surface area contributed by atoms with Gasteiger partial charge in [-0.3, -0.25) is 0 Å². The Labute approximate surface area is 37.5 Å². The van der Waals surface area contributed by atoms with Gasteiger partial charge in [-0.05, 0) is 0 Å². The fraction of sp³-hybridized carbons (Fsp3) is 1.00. The van der Waals surface area contributed by atoms with Crippen LogP contribution in [0.5, 0.6) is 0 Å². The highest BCUT2D eigenvalue weighted by molar-refractivity contribution is 7.47. The standard InChI is InChI=1S/C3H7F2P/c1-3(2)6(4)5/h3H,1-2H3. The zero-order valence-electron chi connectivity index (χ0n) is 3.78. The highest BCUT2D eigenvalue weighted by Gasteiger charge is 2.07. The molecule has 0 aromatic heterocycles. The minimum absolute atomic E-state index is 0.417. The van der Waals surface area contributed by atoms with Crippen molar-refractivity contribution in [3.63, 3.8) is 0 Å². The molecule has 0 aromatic rings. The van der Waals surface area contributed by atoms with Crippen molar-refractivity contribution in [3.8, 4) is 0 Å². The van der Waals surface area contributed by atoms with E-state index in [2.05, 4.69) is 0 Å². The molecule has 0 saturated heterocycles. The van der Waals surface area contributed by atoms with E-state index in [9.17, 15) is 8.39 Å². The molecule has 0 unspecified atom stereocenters. The monoisotopic (exact) mass is 112 g/mol. The Morgan fingerprint density at radius 3 is 1.50 bits per heavy atom. The molecule has 0 nitrogen and oxygen atoms in total. The van der Waals surface area contributed by atoms with E-state index >= 15 is 0 Å². The molecule has 0 aliphatic rings. The van der Waals surface area contributed by atoms with E-state index in [-0.39, 0.29) is 0 Å². The Morgan fingerprint density at radius 1 is 1.33 bits per heavy atom. The first-order chi connectivity index (χ1) is 2.64. The average molecular weight is 112 g/mol. The predicted octanol–water partition coefficient (Wildman–Crippen LogP) is 2.65. The second-order valence-electron chi connectivity index (χ2n) is 1.35. The Kier molecular flexibility index (Phi) is 2.58. The SMILES string of the molecule is CC(C)P(F)F. The van der Waals surface area contributed by atoms with Crippen LogP contribution in [0.2, 0.25) is 0 Å². The second kappa shape index (κ2) is 2.46. The van der Waals surface area contributed by atoms with E-state index in [1.54, 1.807) is 0 Å². The minimum atomic E-state index is -2.66. The molecule has 0 N–H and O–H groups in total. The van der Waals surface area contributed by atoms with Gasteiger partial charge in [0.25, 0.3) is 8.54 Å². The Hall–Kier alpha value is 0.290. The molecule has 0 amide bonds. The first kappa shape index (κ1) is 6.29. The van der Waals surface area contributed by atoms with Gasteiger partial charge < -0.3 is 0 Å². The Balaban J connectivity index is 2.99. The van der Waals surface area contributed by atoms with Crippen LogP contribution >= 0.6 is 8.54 Å². The second-order valence-corrected chi connectivity index (χ2v) is 2.90. The summed E-state index contributed by atoms with van der Waals surface area (Å²) in [6.07, 6.45) is 0. The highest BCUT2D eigenvalue weighted by atomic mass is 31.2. The lowest BCUT2D eigenvalue weighted by molar-refractivity contribution is 0.716. The molecule has 0 spiro atoms.